The molecule has 2 bridgehead atoms. The van der Waals surface area contributed by atoms with Gasteiger partial charge in [-0.05, 0) is 24.3 Å². The zero-order valence-corrected chi connectivity index (χ0v) is 14.2. The van der Waals surface area contributed by atoms with Crippen molar-refractivity contribution in [1.29, 1.82) is 0 Å². The molecule has 0 spiro atoms. The number of aromatic amines is 1. The Bertz CT molecular complexity index is 860. The highest BCUT2D eigenvalue weighted by Gasteiger charge is 2.35. The molecule has 1 aromatic carbocycles. The van der Waals surface area contributed by atoms with E-state index in [9.17, 15) is 0 Å². The SMILES string of the molecule is c1ccc(CN2C[C@H]3CC[C@@H]2CN(c2ncnc4nc[nH]c24)C3)cc1. The Hall–Kier alpha value is -2.47. The first kappa shape index (κ1) is 14.8. The van der Waals surface area contributed by atoms with Crippen molar-refractivity contribution in [2.75, 3.05) is 24.5 Å². The summed E-state index contributed by atoms with van der Waals surface area (Å²) in [6.07, 6.45) is 5.92. The van der Waals surface area contributed by atoms with Crippen LogP contribution in [-0.4, -0.2) is 50.5 Å². The monoisotopic (exact) mass is 334 g/mol. The minimum absolute atomic E-state index is 0.576. The van der Waals surface area contributed by atoms with Crippen LogP contribution in [0.1, 0.15) is 18.4 Å². The van der Waals surface area contributed by atoms with Crippen LogP contribution in [0.25, 0.3) is 11.2 Å². The smallest absolute Gasteiger partial charge is 0.182 e. The van der Waals surface area contributed by atoms with E-state index in [4.69, 9.17) is 0 Å². The van der Waals surface area contributed by atoms with Crippen molar-refractivity contribution in [1.82, 2.24) is 24.8 Å². The summed E-state index contributed by atoms with van der Waals surface area (Å²) in [7, 11) is 0. The summed E-state index contributed by atoms with van der Waals surface area (Å²) in [5.41, 5.74) is 3.11. The second-order valence-corrected chi connectivity index (χ2v) is 7.22. The fraction of sp³-hybridized carbons (Fsp3) is 0.421. The van der Waals surface area contributed by atoms with Crippen LogP contribution >= 0.6 is 0 Å². The maximum absolute atomic E-state index is 4.58. The summed E-state index contributed by atoms with van der Waals surface area (Å²) in [5.74, 6) is 1.69. The van der Waals surface area contributed by atoms with E-state index < -0.39 is 0 Å². The van der Waals surface area contributed by atoms with Gasteiger partial charge in [-0.2, -0.15) is 0 Å². The van der Waals surface area contributed by atoms with Gasteiger partial charge < -0.3 is 9.88 Å². The number of nitrogens with zero attached hydrogens (tertiary/aromatic N) is 5. The number of imidazole rings is 1. The Balaban J connectivity index is 1.42. The van der Waals surface area contributed by atoms with E-state index in [1.165, 1.54) is 24.9 Å². The average molecular weight is 334 g/mol. The second kappa shape index (κ2) is 6.11. The van der Waals surface area contributed by atoms with Crippen LogP contribution in [0.3, 0.4) is 0 Å². The molecule has 2 atom stereocenters. The predicted octanol–water partition coefficient (Wildman–Crippen LogP) is 2.45. The highest BCUT2D eigenvalue weighted by atomic mass is 15.3. The molecule has 6 rings (SSSR count). The molecular formula is C19H22N6. The molecule has 6 nitrogen and oxygen atoms in total. The lowest BCUT2D eigenvalue weighted by molar-refractivity contribution is 0.126. The van der Waals surface area contributed by atoms with Crippen molar-refractivity contribution in [2.24, 2.45) is 5.92 Å². The number of benzene rings is 1. The van der Waals surface area contributed by atoms with Gasteiger partial charge in [0.15, 0.2) is 11.5 Å². The fourth-order valence-electron chi connectivity index (χ4n) is 4.36. The van der Waals surface area contributed by atoms with E-state index in [1.54, 1.807) is 12.7 Å². The molecule has 3 saturated heterocycles. The molecule has 1 N–H and O–H groups in total. The zero-order chi connectivity index (χ0) is 16.6. The van der Waals surface area contributed by atoms with Crippen LogP contribution in [-0.2, 0) is 6.54 Å². The Morgan fingerprint density at radius 2 is 1.92 bits per heavy atom. The quantitative estimate of drug-likeness (QED) is 0.797. The van der Waals surface area contributed by atoms with Crippen LogP contribution in [0.4, 0.5) is 5.82 Å². The molecule has 0 amide bonds. The first-order valence-corrected chi connectivity index (χ1v) is 9.04. The summed E-state index contributed by atoms with van der Waals surface area (Å²) in [5, 5.41) is 0. The molecule has 3 aliphatic heterocycles. The molecule has 3 aromatic rings. The van der Waals surface area contributed by atoms with E-state index in [1.807, 2.05) is 0 Å². The van der Waals surface area contributed by atoms with Crippen LogP contribution in [0.2, 0.25) is 0 Å². The van der Waals surface area contributed by atoms with Gasteiger partial charge in [-0.25, -0.2) is 15.0 Å². The topological polar surface area (TPSA) is 60.9 Å². The predicted molar refractivity (Wildman–Crippen MR) is 97.3 cm³/mol. The number of piperidine rings is 1. The summed E-state index contributed by atoms with van der Waals surface area (Å²) < 4.78 is 0. The largest absolute Gasteiger partial charge is 0.353 e. The Labute approximate surface area is 146 Å². The number of H-pyrrole nitrogens is 1. The first-order chi connectivity index (χ1) is 12.4. The molecule has 0 aliphatic carbocycles. The van der Waals surface area contributed by atoms with Crippen molar-refractivity contribution in [3.8, 4) is 0 Å². The molecule has 3 aliphatic rings. The van der Waals surface area contributed by atoms with Gasteiger partial charge in [-0.1, -0.05) is 30.3 Å². The maximum Gasteiger partial charge on any atom is 0.182 e. The summed E-state index contributed by atoms with van der Waals surface area (Å²) in [4.78, 5) is 21.4. The van der Waals surface area contributed by atoms with Gasteiger partial charge in [-0.3, -0.25) is 4.90 Å². The number of rotatable bonds is 3. The van der Waals surface area contributed by atoms with Crippen molar-refractivity contribution in [2.45, 2.75) is 25.4 Å². The third-order valence-electron chi connectivity index (χ3n) is 5.56. The third-order valence-corrected chi connectivity index (χ3v) is 5.56. The average Bonchev–Trinajstić information content (AvgIpc) is 2.95. The maximum atomic E-state index is 4.58. The van der Waals surface area contributed by atoms with Gasteiger partial charge in [0.1, 0.15) is 11.8 Å². The molecule has 6 heteroatoms. The molecule has 0 radical (unpaired) electrons. The number of hydrogen-bond acceptors (Lipinski definition) is 5. The van der Waals surface area contributed by atoms with Crippen LogP contribution in [0, 0.1) is 5.92 Å². The Kier molecular flexibility index (Phi) is 3.63. The van der Waals surface area contributed by atoms with Crippen LogP contribution < -0.4 is 4.90 Å². The molecule has 0 saturated carbocycles. The molecular weight excluding hydrogens is 312 g/mol. The van der Waals surface area contributed by atoms with Gasteiger partial charge >= 0.3 is 0 Å². The van der Waals surface area contributed by atoms with E-state index in [0.29, 0.717) is 12.0 Å². The summed E-state index contributed by atoms with van der Waals surface area (Å²) >= 11 is 0. The summed E-state index contributed by atoms with van der Waals surface area (Å²) in [6, 6.07) is 11.4. The highest BCUT2D eigenvalue weighted by molar-refractivity contribution is 5.82. The van der Waals surface area contributed by atoms with Crippen molar-refractivity contribution >= 4 is 17.0 Å². The van der Waals surface area contributed by atoms with Crippen LogP contribution in [0.15, 0.2) is 43.0 Å². The number of hydrogen-bond donors (Lipinski definition) is 1. The van der Waals surface area contributed by atoms with Crippen molar-refractivity contribution in [3.63, 3.8) is 0 Å². The highest BCUT2D eigenvalue weighted by Crippen LogP contribution is 2.32. The van der Waals surface area contributed by atoms with Gasteiger partial charge in [0, 0.05) is 32.2 Å². The second-order valence-electron chi connectivity index (χ2n) is 7.22. The standard InChI is InChI=1S/C19H22N6/c1-2-4-14(5-3-1)8-24-9-15-6-7-16(24)11-25(10-15)19-17-18(21-12-20-17)22-13-23-19/h1-5,12-13,15-16H,6-11H2,(H,20,21,22,23)/t15-,16-/m1/s1. The van der Waals surface area contributed by atoms with E-state index in [2.05, 4.69) is 60.1 Å². The number of aromatic nitrogens is 4. The molecule has 2 aromatic heterocycles. The fourth-order valence-corrected chi connectivity index (χ4v) is 4.36. The normalized spacial score (nSPS) is 23.9. The van der Waals surface area contributed by atoms with E-state index >= 15 is 0 Å². The van der Waals surface area contributed by atoms with Gasteiger partial charge in [0.05, 0.1) is 6.33 Å². The molecule has 3 fully saturated rings. The lowest BCUT2D eigenvalue weighted by Crippen LogP contribution is -2.43. The summed E-state index contributed by atoms with van der Waals surface area (Å²) in [6.45, 7) is 4.30. The lowest BCUT2D eigenvalue weighted by atomic mass is 9.94. The van der Waals surface area contributed by atoms with Gasteiger partial charge in [0.25, 0.3) is 0 Å². The molecule has 25 heavy (non-hydrogen) atoms. The Morgan fingerprint density at radius 1 is 1.00 bits per heavy atom. The molecule has 0 unspecified atom stereocenters. The van der Waals surface area contributed by atoms with Crippen molar-refractivity contribution < 1.29 is 0 Å². The molecule has 128 valence electrons. The molecule has 5 heterocycles. The van der Waals surface area contributed by atoms with E-state index in [-0.39, 0.29) is 0 Å². The minimum atomic E-state index is 0.576. The third kappa shape index (κ3) is 2.76. The first-order valence-electron chi connectivity index (χ1n) is 9.04. The minimum Gasteiger partial charge on any atom is -0.353 e. The zero-order valence-electron chi connectivity index (χ0n) is 14.2. The van der Waals surface area contributed by atoms with Gasteiger partial charge in [-0.15, -0.1) is 0 Å². The van der Waals surface area contributed by atoms with Crippen LogP contribution in [0.5, 0.6) is 0 Å². The lowest BCUT2D eigenvalue weighted by Gasteiger charge is -2.36. The van der Waals surface area contributed by atoms with E-state index in [0.717, 1.165) is 36.6 Å². The number of fused-ring (bicyclic) bond motifs is 5. The van der Waals surface area contributed by atoms with Crippen molar-refractivity contribution in [3.05, 3.63) is 48.5 Å². The number of anilines is 1. The Morgan fingerprint density at radius 3 is 2.84 bits per heavy atom. The van der Waals surface area contributed by atoms with Gasteiger partial charge in [0.2, 0.25) is 0 Å². The number of nitrogens with one attached hydrogen (secondary N) is 1.